The Kier molecular flexibility index (Phi) is 8.17. The van der Waals surface area contributed by atoms with E-state index in [-0.39, 0.29) is 24.1 Å². The fourth-order valence-electron chi connectivity index (χ4n) is 3.97. The van der Waals surface area contributed by atoms with Gasteiger partial charge in [0.05, 0.1) is 4.47 Å². The fourth-order valence-corrected chi connectivity index (χ4v) is 4.40. The van der Waals surface area contributed by atoms with Gasteiger partial charge in [-0.05, 0) is 52.9 Å². The van der Waals surface area contributed by atoms with Gasteiger partial charge >= 0.3 is 0 Å². The summed E-state index contributed by atoms with van der Waals surface area (Å²) in [6.07, 6.45) is 6.97. The van der Waals surface area contributed by atoms with Crippen LogP contribution in [0.2, 0.25) is 0 Å². The molecule has 9 heteroatoms. The first-order chi connectivity index (χ1) is 14.9. The molecular formula is C22H28BrFN4O3. The molecule has 1 fully saturated rings. The minimum absolute atomic E-state index is 0.110. The number of nitrogens with zero attached hydrogens (tertiary/aromatic N) is 2. The molecule has 0 aliphatic heterocycles. The first-order valence-electron chi connectivity index (χ1n) is 10.7. The molecule has 2 aromatic rings. The highest BCUT2D eigenvalue weighted by Gasteiger charge is 2.38. The average molecular weight is 495 g/mol. The summed E-state index contributed by atoms with van der Waals surface area (Å²) in [6, 6.07) is 4.81. The molecule has 0 unspecified atom stereocenters. The van der Waals surface area contributed by atoms with Crippen molar-refractivity contribution >= 4 is 27.7 Å². The molecule has 7 nitrogen and oxygen atoms in total. The molecule has 31 heavy (non-hydrogen) atoms. The number of aromatic nitrogens is 2. The lowest BCUT2D eigenvalue weighted by atomic mass is 9.89. The maximum Gasteiger partial charge on any atom is 0.227 e. The van der Waals surface area contributed by atoms with Gasteiger partial charge in [0.1, 0.15) is 11.4 Å². The second-order valence-corrected chi connectivity index (χ2v) is 8.89. The summed E-state index contributed by atoms with van der Waals surface area (Å²) in [5, 5.41) is 10.0. The maximum absolute atomic E-state index is 13.3. The molecule has 0 saturated heterocycles. The Balaban J connectivity index is 1.51. The van der Waals surface area contributed by atoms with Crippen LogP contribution in [0.3, 0.4) is 0 Å². The third-order valence-corrected chi connectivity index (χ3v) is 6.16. The Morgan fingerprint density at radius 1 is 1.19 bits per heavy atom. The first kappa shape index (κ1) is 23.4. The van der Waals surface area contributed by atoms with E-state index in [0.717, 1.165) is 44.1 Å². The molecule has 1 aromatic carbocycles. The third kappa shape index (κ3) is 6.59. The molecule has 1 aliphatic rings. The molecule has 0 radical (unpaired) electrons. The van der Waals surface area contributed by atoms with Crippen LogP contribution in [0.4, 0.5) is 4.39 Å². The van der Waals surface area contributed by atoms with E-state index in [0.29, 0.717) is 35.6 Å². The zero-order valence-corrected chi connectivity index (χ0v) is 19.3. The number of hydrogen-bond donors (Lipinski definition) is 2. The van der Waals surface area contributed by atoms with Gasteiger partial charge in [0.2, 0.25) is 17.7 Å². The normalized spacial score (nSPS) is 15.8. The minimum atomic E-state index is -0.588. The van der Waals surface area contributed by atoms with Crippen LogP contribution in [0.15, 0.2) is 27.2 Å². The number of rotatable bonds is 8. The number of carbonyl (C=O) groups excluding carboxylic acids is 2. The Morgan fingerprint density at radius 2 is 1.94 bits per heavy atom. The molecule has 0 bridgehead atoms. The fraction of sp³-hybridized carbons (Fsp3) is 0.545. The number of carbonyl (C=O) groups is 2. The second kappa shape index (κ2) is 10.8. The smallest absolute Gasteiger partial charge is 0.227 e. The maximum atomic E-state index is 13.3. The van der Waals surface area contributed by atoms with Crippen LogP contribution in [0.1, 0.15) is 69.1 Å². The van der Waals surface area contributed by atoms with Crippen molar-refractivity contribution in [3.63, 3.8) is 0 Å². The van der Waals surface area contributed by atoms with Crippen molar-refractivity contribution in [1.82, 2.24) is 20.8 Å². The Hall–Kier alpha value is -2.29. The van der Waals surface area contributed by atoms with Gasteiger partial charge in [0.15, 0.2) is 5.82 Å². The highest BCUT2D eigenvalue weighted by Crippen LogP contribution is 2.34. The summed E-state index contributed by atoms with van der Waals surface area (Å²) in [6.45, 7) is 1.96. The Labute approximate surface area is 189 Å². The largest absolute Gasteiger partial charge is 0.356 e. The van der Waals surface area contributed by atoms with Gasteiger partial charge < -0.3 is 15.2 Å². The quantitative estimate of drug-likeness (QED) is 0.541. The number of aryl methyl sites for hydroxylation is 1. The minimum Gasteiger partial charge on any atom is -0.356 e. The van der Waals surface area contributed by atoms with Gasteiger partial charge in [0, 0.05) is 26.3 Å². The molecule has 0 atom stereocenters. The van der Waals surface area contributed by atoms with E-state index in [2.05, 4.69) is 36.7 Å². The predicted molar refractivity (Wildman–Crippen MR) is 117 cm³/mol. The number of benzene rings is 1. The van der Waals surface area contributed by atoms with Crippen molar-refractivity contribution < 1.29 is 18.5 Å². The number of hydrogen-bond acceptors (Lipinski definition) is 5. The van der Waals surface area contributed by atoms with Crippen LogP contribution < -0.4 is 10.6 Å². The highest BCUT2D eigenvalue weighted by molar-refractivity contribution is 9.10. The van der Waals surface area contributed by atoms with Gasteiger partial charge in [-0.2, -0.15) is 4.98 Å². The molecule has 2 N–H and O–H groups in total. The molecule has 1 saturated carbocycles. The molecule has 1 aliphatic carbocycles. The van der Waals surface area contributed by atoms with Crippen LogP contribution >= 0.6 is 15.9 Å². The van der Waals surface area contributed by atoms with Crippen LogP contribution in [-0.4, -0.2) is 28.5 Å². The van der Waals surface area contributed by atoms with E-state index >= 15 is 0 Å². The van der Waals surface area contributed by atoms with Crippen molar-refractivity contribution in [3.8, 4) is 0 Å². The Morgan fingerprint density at radius 3 is 2.61 bits per heavy atom. The molecular weight excluding hydrogens is 467 g/mol. The van der Waals surface area contributed by atoms with Crippen LogP contribution in [0.5, 0.6) is 0 Å². The van der Waals surface area contributed by atoms with Crippen molar-refractivity contribution in [1.29, 1.82) is 0 Å². The third-order valence-electron chi connectivity index (χ3n) is 5.55. The lowest BCUT2D eigenvalue weighted by molar-refractivity contribution is -0.122. The molecule has 1 heterocycles. The van der Waals surface area contributed by atoms with Crippen molar-refractivity contribution in [3.05, 3.63) is 45.8 Å². The highest BCUT2D eigenvalue weighted by atomic mass is 79.9. The number of halogens is 2. The molecule has 1 aromatic heterocycles. The Bertz CT molecular complexity index is 910. The van der Waals surface area contributed by atoms with Gasteiger partial charge in [-0.1, -0.05) is 36.9 Å². The summed E-state index contributed by atoms with van der Waals surface area (Å²) in [7, 11) is 0. The summed E-state index contributed by atoms with van der Waals surface area (Å²) < 4.78 is 19.1. The van der Waals surface area contributed by atoms with Gasteiger partial charge in [0.25, 0.3) is 0 Å². The van der Waals surface area contributed by atoms with E-state index in [1.54, 1.807) is 12.1 Å². The number of nitrogens with one attached hydrogen (secondary N) is 2. The van der Waals surface area contributed by atoms with Crippen LogP contribution in [0.25, 0.3) is 0 Å². The van der Waals surface area contributed by atoms with Crippen molar-refractivity contribution in [2.24, 2.45) is 0 Å². The van der Waals surface area contributed by atoms with Crippen molar-refractivity contribution in [2.45, 2.75) is 70.3 Å². The van der Waals surface area contributed by atoms with Crippen LogP contribution in [-0.2, 0) is 28.0 Å². The van der Waals surface area contributed by atoms with E-state index in [1.807, 2.05) is 0 Å². The summed E-state index contributed by atoms with van der Waals surface area (Å²) in [4.78, 5) is 28.5. The summed E-state index contributed by atoms with van der Waals surface area (Å²) >= 11 is 3.16. The van der Waals surface area contributed by atoms with E-state index < -0.39 is 5.54 Å². The zero-order chi connectivity index (χ0) is 22.3. The molecule has 0 spiro atoms. The first-order valence-corrected chi connectivity index (χ1v) is 11.5. The van der Waals surface area contributed by atoms with Crippen molar-refractivity contribution in [2.75, 3.05) is 6.54 Å². The lowest BCUT2D eigenvalue weighted by Crippen LogP contribution is -2.45. The topological polar surface area (TPSA) is 97.1 Å². The second-order valence-electron chi connectivity index (χ2n) is 8.04. The monoisotopic (exact) mass is 494 g/mol. The SMILES string of the molecule is CC(=O)NC1(c2noc(CCC(=O)NCCc3ccc(F)c(Br)c3)n2)CCCCCC1. The van der Waals surface area contributed by atoms with Crippen LogP contribution in [0, 0.1) is 5.82 Å². The zero-order valence-electron chi connectivity index (χ0n) is 17.7. The summed E-state index contributed by atoms with van der Waals surface area (Å²) in [5.74, 6) is 0.354. The van der Waals surface area contributed by atoms with E-state index in [1.165, 1.54) is 13.0 Å². The standard InChI is InChI=1S/C22H28BrFN4O3/c1-15(29)27-22(11-4-2-3-5-12-22)21-26-20(31-28-21)9-8-19(30)25-13-10-16-6-7-18(24)17(23)14-16/h6-7,14H,2-5,8-13H2,1H3,(H,25,30)(H,27,29). The van der Waals surface area contributed by atoms with Gasteiger partial charge in [-0.3, -0.25) is 9.59 Å². The average Bonchev–Trinajstić information content (AvgIpc) is 3.09. The van der Waals surface area contributed by atoms with Gasteiger partial charge in [-0.25, -0.2) is 4.39 Å². The van der Waals surface area contributed by atoms with E-state index in [4.69, 9.17) is 4.52 Å². The van der Waals surface area contributed by atoms with E-state index in [9.17, 15) is 14.0 Å². The number of amides is 2. The van der Waals surface area contributed by atoms with Gasteiger partial charge in [-0.15, -0.1) is 0 Å². The molecule has 3 rings (SSSR count). The molecule has 168 valence electrons. The lowest BCUT2D eigenvalue weighted by Gasteiger charge is -2.30. The summed E-state index contributed by atoms with van der Waals surface area (Å²) in [5.41, 5.74) is 0.345. The predicted octanol–water partition coefficient (Wildman–Crippen LogP) is 3.95. The molecule has 2 amide bonds.